The molecule has 0 aliphatic carbocycles. The molecule has 8 heteroatoms. The van der Waals surface area contributed by atoms with E-state index in [1.165, 1.54) is 66.8 Å². The molecule has 5 nitrogen and oxygen atoms in total. The summed E-state index contributed by atoms with van der Waals surface area (Å²) >= 11 is 7.91. The average Bonchev–Trinajstić information content (AvgIpc) is 2.79. The molecule has 1 aliphatic heterocycles. The number of hydrogen-bond donors (Lipinski definition) is 0. The molecule has 0 radical (unpaired) electrons. The van der Waals surface area contributed by atoms with Crippen molar-refractivity contribution in [2.45, 2.75) is 30.6 Å². The lowest BCUT2D eigenvalue weighted by molar-refractivity contribution is 0.284. The number of thioether (sulfide) groups is 1. The Morgan fingerprint density at radius 2 is 1.61 bits per heavy atom. The van der Waals surface area contributed by atoms with Crippen molar-refractivity contribution in [1.82, 2.24) is 4.90 Å². The van der Waals surface area contributed by atoms with Gasteiger partial charge in [-0.3, -0.25) is 4.31 Å². The average molecular weight is 483 g/mol. The van der Waals surface area contributed by atoms with Crippen molar-refractivity contribution in [2.24, 2.45) is 0 Å². The summed E-state index contributed by atoms with van der Waals surface area (Å²) in [5.74, 6) is 3.30. The molecule has 0 bridgehead atoms. The quantitative estimate of drug-likeness (QED) is 0.414. The molecule has 1 fully saturated rings. The zero-order valence-corrected chi connectivity index (χ0v) is 20.4. The number of sulfonamides is 1. The Hall–Kier alpha value is -1.41. The fourth-order valence-electron chi connectivity index (χ4n) is 3.46. The molecule has 0 amide bonds. The molecule has 0 saturated carbocycles. The van der Waals surface area contributed by atoms with Gasteiger partial charge < -0.3 is 9.64 Å². The van der Waals surface area contributed by atoms with Gasteiger partial charge in [-0.2, -0.15) is 11.8 Å². The summed E-state index contributed by atoms with van der Waals surface area (Å²) in [6, 6.07) is 13.3. The molecule has 2 aromatic rings. The number of hydrogen-bond acceptors (Lipinski definition) is 5. The summed E-state index contributed by atoms with van der Waals surface area (Å²) in [6.45, 7) is 4.37. The maximum absolute atomic E-state index is 12.8. The smallest absolute Gasteiger partial charge is 0.264 e. The number of rotatable bonds is 11. The van der Waals surface area contributed by atoms with Crippen LogP contribution >= 0.6 is 23.4 Å². The topological polar surface area (TPSA) is 49.9 Å². The second-order valence-electron chi connectivity index (χ2n) is 7.64. The van der Waals surface area contributed by atoms with Crippen LogP contribution in [0.15, 0.2) is 53.4 Å². The van der Waals surface area contributed by atoms with Crippen LogP contribution in [0.25, 0.3) is 0 Å². The van der Waals surface area contributed by atoms with E-state index in [0.29, 0.717) is 17.3 Å². The number of halogens is 1. The summed E-state index contributed by atoms with van der Waals surface area (Å²) in [4.78, 5) is 2.78. The SMILES string of the molecule is CN(c1ccc(OCCCCCCN2CCSCC2)cc1)S(=O)(=O)c1ccc(Cl)cc1. The first-order chi connectivity index (χ1) is 15.0. The van der Waals surface area contributed by atoms with Gasteiger partial charge in [0.15, 0.2) is 0 Å². The lowest BCUT2D eigenvalue weighted by Crippen LogP contribution is -2.33. The van der Waals surface area contributed by atoms with Gasteiger partial charge in [-0.25, -0.2) is 8.42 Å². The summed E-state index contributed by atoms with van der Waals surface area (Å²) in [5, 5.41) is 0.504. The second-order valence-corrected chi connectivity index (χ2v) is 11.3. The largest absolute Gasteiger partial charge is 0.494 e. The van der Waals surface area contributed by atoms with Gasteiger partial charge in [-0.05, 0) is 67.9 Å². The normalized spacial score (nSPS) is 15.0. The van der Waals surface area contributed by atoms with Crippen molar-refractivity contribution in [1.29, 1.82) is 0 Å². The molecule has 0 N–H and O–H groups in total. The van der Waals surface area contributed by atoms with Crippen molar-refractivity contribution in [3.05, 3.63) is 53.6 Å². The van der Waals surface area contributed by atoms with Crippen LogP contribution in [0.4, 0.5) is 5.69 Å². The molecule has 0 spiro atoms. The Kier molecular flexibility index (Phi) is 9.38. The van der Waals surface area contributed by atoms with E-state index >= 15 is 0 Å². The Labute approximate surface area is 195 Å². The first-order valence-corrected chi connectivity index (χ1v) is 13.7. The summed E-state index contributed by atoms with van der Waals surface area (Å²) in [5.41, 5.74) is 0.582. The molecule has 0 aromatic heterocycles. The monoisotopic (exact) mass is 482 g/mol. The van der Waals surface area contributed by atoms with E-state index < -0.39 is 10.0 Å². The molecular formula is C23H31ClN2O3S2. The van der Waals surface area contributed by atoms with Gasteiger partial charge >= 0.3 is 0 Å². The first-order valence-electron chi connectivity index (χ1n) is 10.7. The summed E-state index contributed by atoms with van der Waals surface area (Å²) in [7, 11) is -2.09. The van der Waals surface area contributed by atoms with Crippen LogP contribution in [0.2, 0.25) is 5.02 Å². The zero-order valence-electron chi connectivity index (χ0n) is 18.0. The van der Waals surface area contributed by atoms with Crippen molar-refractivity contribution in [2.75, 3.05) is 49.1 Å². The molecule has 2 aromatic carbocycles. The van der Waals surface area contributed by atoms with E-state index in [-0.39, 0.29) is 4.90 Å². The van der Waals surface area contributed by atoms with Gasteiger partial charge in [0, 0.05) is 36.7 Å². The second kappa shape index (κ2) is 12.0. The van der Waals surface area contributed by atoms with E-state index in [1.807, 2.05) is 12.1 Å². The Balaban J connectivity index is 1.39. The van der Waals surface area contributed by atoms with Crippen LogP contribution in [0, 0.1) is 0 Å². The highest BCUT2D eigenvalue weighted by molar-refractivity contribution is 7.99. The number of nitrogens with zero attached hydrogens (tertiary/aromatic N) is 2. The Bertz CT molecular complexity index is 899. The Morgan fingerprint density at radius 1 is 0.968 bits per heavy atom. The van der Waals surface area contributed by atoms with E-state index in [9.17, 15) is 8.42 Å². The third kappa shape index (κ3) is 7.31. The van der Waals surface area contributed by atoms with Gasteiger partial charge in [0.05, 0.1) is 17.2 Å². The fourth-order valence-corrected chi connectivity index (χ4v) is 5.76. The van der Waals surface area contributed by atoms with Crippen molar-refractivity contribution < 1.29 is 13.2 Å². The van der Waals surface area contributed by atoms with Crippen molar-refractivity contribution in [3.8, 4) is 5.75 Å². The molecule has 31 heavy (non-hydrogen) atoms. The van der Waals surface area contributed by atoms with Crippen molar-refractivity contribution >= 4 is 39.1 Å². The van der Waals surface area contributed by atoms with E-state index in [0.717, 1.165) is 12.2 Å². The lowest BCUT2D eigenvalue weighted by atomic mass is 10.2. The molecule has 0 atom stereocenters. The van der Waals surface area contributed by atoms with Crippen LogP contribution in [0.1, 0.15) is 25.7 Å². The highest BCUT2D eigenvalue weighted by atomic mass is 35.5. The molecule has 1 saturated heterocycles. The molecule has 1 aliphatic rings. The number of unbranched alkanes of at least 4 members (excludes halogenated alkanes) is 3. The Morgan fingerprint density at radius 3 is 2.29 bits per heavy atom. The third-order valence-electron chi connectivity index (χ3n) is 5.41. The number of ether oxygens (including phenoxy) is 1. The highest BCUT2D eigenvalue weighted by Crippen LogP contribution is 2.25. The van der Waals surface area contributed by atoms with Crippen molar-refractivity contribution in [3.63, 3.8) is 0 Å². The summed E-state index contributed by atoms with van der Waals surface area (Å²) in [6.07, 6.45) is 4.69. The standard InChI is InChI=1S/C23H31ClN2O3S2/c1-25(31(27,28)23-12-6-20(24)7-13-23)21-8-10-22(11-9-21)29-17-5-3-2-4-14-26-15-18-30-19-16-26/h6-13H,2-5,14-19H2,1H3. The van der Waals surface area contributed by atoms with Gasteiger partial charge in [0.2, 0.25) is 0 Å². The van der Waals surface area contributed by atoms with Gasteiger partial charge in [0.1, 0.15) is 5.75 Å². The van der Waals surface area contributed by atoms with Crippen LogP contribution in [-0.4, -0.2) is 58.1 Å². The minimum absolute atomic E-state index is 0.207. The molecule has 0 unspecified atom stereocenters. The van der Waals surface area contributed by atoms with E-state index in [4.69, 9.17) is 16.3 Å². The summed E-state index contributed by atoms with van der Waals surface area (Å²) < 4.78 is 32.6. The minimum Gasteiger partial charge on any atom is -0.494 e. The van der Waals surface area contributed by atoms with Crippen LogP contribution in [-0.2, 0) is 10.0 Å². The zero-order chi connectivity index (χ0) is 22.1. The van der Waals surface area contributed by atoms with Gasteiger partial charge in [-0.1, -0.05) is 24.4 Å². The lowest BCUT2D eigenvalue weighted by Gasteiger charge is -2.25. The third-order valence-corrected chi connectivity index (χ3v) is 8.41. The molecule has 3 rings (SSSR count). The van der Waals surface area contributed by atoms with Gasteiger partial charge in [0.25, 0.3) is 10.0 Å². The van der Waals surface area contributed by atoms with E-state index in [1.54, 1.807) is 31.3 Å². The predicted octanol–water partition coefficient (Wildman–Crippen LogP) is 5.15. The van der Waals surface area contributed by atoms with Crippen LogP contribution in [0.3, 0.4) is 0 Å². The van der Waals surface area contributed by atoms with E-state index in [2.05, 4.69) is 16.7 Å². The number of anilines is 1. The first kappa shape index (κ1) is 24.2. The number of benzene rings is 2. The molecule has 170 valence electrons. The predicted molar refractivity (Wildman–Crippen MR) is 131 cm³/mol. The van der Waals surface area contributed by atoms with Crippen LogP contribution in [0.5, 0.6) is 5.75 Å². The molecule has 1 heterocycles. The highest BCUT2D eigenvalue weighted by Gasteiger charge is 2.21. The van der Waals surface area contributed by atoms with Crippen LogP contribution < -0.4 is 9.04 Å². The van der Waals surface area contributed by atoms with Gasteiger partial charge in [-0.15, -0.1) is 0 Å². The fraction of sp³-hybridized carbons (Fsp3) is 0.478. The minimum atomic E-state index is -3.63. The maximum Gasteiger partial charge on any atom is 0.264 e. The maximum atomic E-state index is 12.8. The molecular weight excluding hydrogens is 452 g/mol.